The van der Waals surface area contributed by atoms with Crippen LogP contribution in [-0.4, -0.2) is 43.3 Å². The van der Waals surface area contributed by atoms with Gasteiger partial charge in [-0.3, -0.25) is 4.79 Å². The van der Waals surface area contributed by atoms with Crippen molar-refractivity contribution in [1.29, 1.82) is 0 Å². The zero-order valence-electron chi connectivity index (χ0n) is 14.6. The molecule has 0 saturated carbocycles. The first-order chi connectivity index (χ1) is 11.4. The van der Waals surface area contributed by atoms with E-state index in [9.17, 15) is 13.2 Å². The van der Waals surface area contributed by atoms with E-state index in [1.165, 1.54) is 24.0 Å². The van der Waals surface area contributed by atoms with Gasteiger partial charge < -0.3 is 4.90 Å². The first-order valence-corrected chi connectivity index (χ1v) is 10.8. The standard InChI is InChI=1S/C19H27NO3S/c1-14(2)12-20(18-9-10-24(22,23)13-18)19(21)17-8-7-15-5-3-4-6-16(15)11-17/h7-8,11,14,18H,3-6,9-10,12-13H2,1-2H3/t18-/m1/s1. The van der Waals surface area contributed by atoms with Gasteiger partial charge >= 0.3 is 0 Å². The van der Waals surface area contributed by atoms with E-state index < -0.39 is 9.84 Å². The number of fused-ring (bicyclic) bond motifs is 1. The molecular formula is C19H27NO3S. The van der Waals surface area contributed by atoms with E-state index >= 15 is 0 Å². The summed E-state index contributed by atoms with van der Waals surface area (Å²) in [6, 6.07) is 5.86. The molecule has 5 heteroatoms. The van der Waals surface area contributed by atoms with Gasteiger partial charge in [-0.25, -0.2) is 8.42 Å². The number of rotatable bonds is 4. The Bertz CT molecular complexity index is 724. The average Bonchev–Trinajstić information content (AvgIpc) is 2.91. The second kappa shape index (κ2) is 6.87. The summed E-state index contributed by atoms with van der Waals surface area (Å²) in [7, 11) is -3.00. The van der Waals surface area contributed by atoms with Crippen LogP contribution >= 0.6 is 0 Å². The second-order valence-electron chi connectivity index (χ2n) is 7.60. The minimum Gasteiger partial charge on any atom is -0.334 e. The fourth-order valence-corrected chi connectivity index (χ4v) is 5.58. The van der Waals surface area contributed by atoms with Crippen LogP contribution in [0.25, 0.3) is 0 Å². The fraction of sp³-hybridized carbons (Fsp3) is 0.632. The molecule has 1 aromatic rings. The maximum absolute atomic E-state index is 13.1. The molecule has 2 aliphatic rings. The van der Waals surface area contributed by atoms with E-state index in [2.05, 4.69) is 19.9 Å². The number of nitrogens with zero attached hydrogens (tertiary/aromatic N) is 1. The highest BCUT2D eigenvalue weighted by molar-refractivity contribution is 7.91. The molecule has 0 unspecified atom stereocenters. The number of sulfone groups is 1. The molecule has 1 aromatic carbocycles. The quantitative estimate of drug-likeness (QED) is 0.840. The van der Waals surface area contributed by atoms with E-state index in [1.807, 2.05) is 12.1 Å². The predicted molar refractivity (Wildman–Crippen MR) is 96.0 cm³/mol. The lowest BCUT2D eigenvalue weighted by Gasteiger charge is -2.30. The van der Waals surface area contributed by atoms with Crippen LogP contribution in [0.1, 0.15) is 54.6 Å². The average molecular weight is 349 g/mol. The van der Waals surface area contributed by atoms with Crippen molar-refractivity contribution in [3.8, 4) is 0 Å². The van der Waals surface area contributed by atoms with Gasteiger partial charge in [0.2, 0.25) is 0 Å². The van der Waals surface area contributed by atoms with Gasteiger partial charge in [0.25, 0.3) is 5.91 Å². The maximum Gasteiger partial charge on any atom is 0.254 e. The molecule has 1 atom stereocenters. The Morgan fingerprint density at radius 3 is 2.54 bits per heavy atom. The Morgan fingerprint density at radius 2 is 1.92 bits per heavy atom. The van der Waals surface area contributed by atoms with Gasteiger partial charge in [0.15, 0.2) is 9.84 Å². The molecule has 24 heavy (non-hydrogen) atoms. The molecular weight excluding hydrogens is 322 g/mol. The van der Waals surface area contributed by atoms with E-state index in [1.54, 1.807) is 4.90 Å². The summed E-state index contributed by atoms with van der Waals surface area (Å²) < 4.78 is 23.7. The number of carbonyl (C=O) groups is 1. The lowest BCUT2D eigenvalue weighted by Crippen LogP contribution is -2.43. The van der Waals surface area contributed by atoms with E-state index in [0.717, 1.165) is 12.8 Å². The van der Waals surface area contributed by atoms with E-state index in [0.29, 0.717) is 24.4 Å². The van der Waals surface area contributed by atoms with Gasteiger partial charge in [0.05, 0.1) is 11.5 Å². The van der Waals surface area contributed by atoms with Crippen LogP contribution in [0.15, 0.2) is 18.2 Å². The first-order valence-electron chi connectivity index (χ1n) is 8.99. The third-order valence-corrected chi connectivity index (χ3v) is 6.82. The van der Waals surface area contributed by atoms with Crippen LogP contribution < -0.4 is 0 Å². The highest BCUT2D eigenvalue weighted by Gasteiger charge is 2.35. The smallest absolute Gasteiger partial charge is 0.254 e. The first kappa shape index (κ1) is 17.5. The zero-order chi connectivity index (χ0) is 17.3. The summed E-state index contributed by atoms with van der Waals surface area (Å²) in [6.45, 7) is 4.74. The van der Waals surface area contributed by atoms with Gasteiger partial charge in [-0.05, 0) is 61.3 Å². The van der Waals surface area contributed by atoms with Crippen LogP contribution in [0.5, 0.6) is 0 Å². The molecule has 0 radical (unpaired) electrons. The molecule has 0 spiro atoms. The van der Waals surface area contributed by atoms with Gasteiger partial charge in [-0.1, -0.05) is 19.9 Å². The Kier molecular flexibility index (Phi) is 5.00. The Hall–Kier alpha value is -1.36. The highest BCUT2D eigenvalue weighted by atomic mass is 32.2. The van der Waals surface area contributed by atoms with Crippen LogP contribution in [0.2, 0.25) is 0 Å². The number of amides is 1. The molecule has 3 rings (SSSR count). The fourth-order valence-electron chi connectivity index (χ4n) is 3.84. The van der Waals surface area contributed by atoms with Gasteiger partial charge in [-0.15, -0.1) is 0 Å². The third kappa shape index (κ3) is 3.82. The zero-order valence-corrected chi connectivity index (χ0v) is 15.4. The molecule has 1 fully saturated rings. The summed E-state index contributed by atoms with van der Waals surface area (Å²) in [5.74, 6) is 0.606. The molecule has 0 N–H and O–H groups in total. The van der Waals surface area contributed by atoms with Gasteiger partial charge in [0, 0.05) is 18.2 Å². The number of carbonyl (C=O) groups excluding carboxylic acids is 1. The molecule has 4 nitrogen and oxygen atoms in total. The number of hydrogen-bond acceptors (Lipinski definition) is 3. The van der Waals surface area contributed by atoms with Crippen molar-refractivity contribution in [2.24, 2.45) is 5.92 Å². The van der Waals surface area contributed by atoms with Crippen molar-refractivity contribution < 1.29 is 13.2 Å². The monoisotopic (exact) mass is 349 g/mol. The molecule has 132 valence electrons. The van der Waals surface area contributed by atoms with Crippen molar-refractivity contribution >= 4 is 15.7 Å². The van der Waals surface area contributed by atoms with Gasteiger partial charge in [0.1, 0.15) is 0 Å². The van der Waals surface area contributed by atoms with Crippen LogP contribution in [0.3, 0.4) is 0 Å². The Morgan fingerprint density at radius 1 is 1.21 bits per heavy atom. The van der Waals surface area contributed by atoms with E-state index in [4.69, 9.17) is 0 Å². The normalized spacial score (nSPS) is 22.4. The number of benzene rings is 1. The topological polar surface area (TPSA) is 54.5 Å². The molecule has 1 amide bonds. The number of hydrogen-bond donors (Lipinski definition) is 0. The molecule has 0 aromatic heterocycles. The largest absolute Gasteiger partial charge is 0.334 e. The minimum atomic E-state index is -3.00. The summed E-state index contributed by atoms with van der Waals surface area (Å²) in [5, 5.41) is 0. The predicted octanol–water partition coefficient (Wildman–Crippen LogP) is 2.85. The summed E-state index contributed by atoms with van der Waals surface area (Å²) in [4.78, 5) is 14.9. The molecule has 1 heterocycles. The Balaban J connectivity index is 1.85. The highest BCUT2D eigenvalue weighted by Crippen LogP contribution is 2.25. The van der Waals surface area contributed by atoms with Crippen molar-refractivity contribution in [2.45, 2.75) is 52.0 Å². The summed E-state index contributed by atoms with van der Waals surface area (Å²) >= 11 is 0. The lowest BCUT2D eigenvalue weighted by atomic mass is 9.90. The van der Waals surface area contributed by atoms with Crippen molar-refractivity contribution in [3.05, 3.63) is 34.9 Å². The van der Waals surface area contributed by atoms with Crippen LogP contribution in [-0.2, 0) is 22.7 Å². The molecule has 1 saturated heterocycles. The molecule has 1 aliphatic heterocycles. The Labute approximate surface area is 145 Å². The van der Waals surface area contributed by atoms with Crippen molar-refractivity contribution in [2.75, 3.05) is 18.1 Å². The van der Waals surface area contributed by atoms with Crippen molar-refractivity contribution in [1.82, 2.24) is 4.90 Å². The molecule has 0 bridgehead atoms. The number of aryl methyl sites for hydroxylation is 2. The van der Waals surface area contributed by atoms with Gasteiger partial charge in [-0.2, -0.15) is 0 Å². The van der Waals surface area contributed by atoms with Crippen LogP contribution in [0, 0.1) is 5.92 Å². The third-order valence-electron chi connectivity index (χ3n) is 5.07. The lowest BCUT2D eigenvalue weighted by molar-refractivity contribution is 0.0672. The molecule has 1 aliphatic carbocycles. The SMILES string of the molecule is CC(C)CN(C(=O)c1ccc2c(c1)CCCC2)[C@@H]1CCS(=O)(=O)C1. The second-order valence-corrected chi connectivity index (χ2v) is 9.83. The maximum atomic E-state index is 13.1. The van der Waals surface area contributed by atoms with E-state index in [-0.39, 0.29) is 23.5 Å². The van der Waals surface area contributed by atoms with Crippen molar-refractivity contribution in [3.63, 3.8) is 0 Å². The minimum absolute atomic E-state index is 0.0147. The summed E-state index contributed by atoms with van der Waals surface area (Å²) in [6.07, 6.45) is 5.10. The summed E-state index contributed by atoms with van der Waals surface area (Å²) in [5.41, 5.74) is 3.35. The van der Waals surface area contributed by atoms with Crippen LogP contribution in [0.4, 0.5) is 0 Å².